The molecule has 0 heterocycles. The van der Waals surface area contributed by atoms with Gasteiger partial charge < -0.3 is 20.1 Å². The lowest BCUT2D eigenvalue weighted by Crippen LogP contribution is -2.08. The first-order chi connectivity index (χ1) is 8.47. The third kappa shape index (κ3) is 7.98. The number of hydrogen-bond donors (Lipinski definition) is 3. The van der Waals surface area contributed by atoms with Gasteiger partial charge in [0.05, 0.1) is 0 Å². The van der Waals surface area contributed by atoms with E-state index in [1.54, 1.807) is 0 Å². The first-order valence-electron chi connectivity index (χ1n) is 5.33. The monoisotopic (exact) mass is 256 g/mol. The average Bonchev–Trinajstić information content (AvgIpc) is 2.28. The van der Waals surface area contributed by atoms with Crippen LogP contribution in [0.3, 0.4) is 0 Å². The molecule has 0 spiro atoms. The van der Waals surface area contributed by atoms with Crippen molar-refractivity contribution in [3.63, 3.8) is 0 Å². The second-order valence-electron chi connectivity index (χ2n) is 3.35. The molecule has 3 N–H and O–H groups in total. The molecule has 0 amide bonds. The van der Waals surface area contributed by atoms with Crippen LogP contribution in [0.2, 0.25) is 0 Å². The molecule has 0 saturated carbocycles. The Morgan fingerprint density at radius 1 is 1.17 bits per heavy atom. The van der Waals surface area contributed by atoms with Crippen LogP contribution in [-0.2, 0) is 4.74 Å². The van der Waals surface area contributed by atoms with Crippen molar-refractivity contribution in [2.75, 3.05) is 0 Å². The number of carbonyl (C=O) groups is 2. The summed E-state index contributed by atoms with van der Waals surface area (Å²) >= 11 is 0. The number of ether oxygens (including phenoxy) is 1. The maximum Gasteiger partial charge on any atom is 0.506 e. The fourth-order valence-electron chi connectivity index (χ4n) is 1.35. The van der Waals surface area contributed by atoms with Crippen LogP contribution < -0.4 is 0 Å². The molecule has 0 aliphatic heterocycles. The Hall–Kier alpha value is -2.24. The lowest BCUT2D eigenvalue weighted by atomic mass is 10.1. The molecule has 18 heavy (non-hydrogen) atoms. The van der Waals surface area contributed by atoms with Crippen molar-refractivity contribution >= 4 is 12.3 Å². The zero-order valence-corrected chi connectivity index (χ0v) is 9.94. The average molecular weight is 256 g/mol. The molecule has 1 unspecified atom stereocenters. The first-order valence-corrected chi connectivity index (χ1v) is 5.33. The Morgan fingerprint density at radius 3 is 2.06 bits per heavy atom. The van der Waals surface area contributed by atoms with E-state index in [9.17, 15) is 4.79 Å². The minimum atomic E-state index is -1.83. The molecule has 1 atom stereocenters. The van der Waals surface area contributed by atoms with E-state index in [1.165, 1.54) is 0 Å². The number of rotatable bonds is 4. The minimum absolute atomic E-state index is 0.335. The van der Waals surface area contributed by atoms with Crippen LogP contribution in [0, 0.1) is 0 Å². The van der Waals surface area contributed by atoms with Crippen molar-refractivity contribution in [2.24, 2.45) is 0 Å². The second kappa shape index (κ2) is 8.86. The summed E-state index contributed by atoms with van der Waals surface area (Å²) in [5.41, 5.74) is 0.914. The minimum Gasteiger partial charge on any atom is -0.450 e. The summed E-state index contributed by atoms with van der Waals surface area (Å²) in [6.07, 6.45) is -1.77. The van der Waals surface area contributed by atoms with Gasteiger partial charge in [0.15, 0.2) is 0 Å². The van der Waals surface area contributed by atoms with Crippen molar-refractivity contribution in [2.45, 2.75) is 25.9 Å². The molecule has 6 nitrogen and oxygen atoms in total. The molecular weight excluding hydrogens is 240 g/mol. The lowest BCUT2D eigenvalue weighted by Gasteiger charge is -2.14. The van der Waals surface area contributed by atoms with Gasteiger partial charge >= 0.3 is 12.3 Å². The maximum atomic E-state index is 10.4. The molecule has 0 saturated heterocycles. The molecule has 1 aromatic carbocycles. The Labute approximate surface area is 104 Å². The van der Waals surface area contributed by atoms with Gasteiger partial charge in [-0.15, -0.1) is 0 Å². The van der Waals surface area contributed by atoms with Crippen molar-refractivity contribution in [1.29, 1.82) is 0 Å². The smallest absolute Gasteiger partial charge is 0.450 e. The second-order valence-corrected chi connectivity index (χ2v) is 3.35. The van der Waals surface area contributed by atoms with E-state index in [4.69, 9.17) is 24.9 Å². The third-order valence-electron chi connectivity index (χ3n) is 1.97. The summed E-state index contributed by atoms with van der Waals surface area (Å²) in [7, 11) is 0. The fourth-order valence-corrected chi connectivity index (χ4v) is 1.35. The van der Waals surface area contributed by atoms with Crippen LogP contribution in [0.1, 0.15) is 31.4 Å². The predicted molar refractivity (Wildman–Crippen MR) is 63.9 cm³/mol. The molecule has 1 rings (SSSR count). The SMILES string of the molecule is CCCC(OC(=O)O)c1ccccc1.O=C(O)O. The van der Waals surface area contributed by atoms with Gasteiger partial charge in [-0.2, -0.15) is 0 Å². The molecule has 0 aliphatic rings. The molecule has 0 radical (unpaired) electrons. The predicted octanol–water partition coefficient (Wildman–Crippen LogP) is 3.44. The van der Waals surface area contributed by atoms with Crippen LogP contribution in [0.4, 0.5) is 9.59 Å². The summed E-state index contributed by atoms with van der Waals surface area (Å²) in [5, 5.41) is 22.5. The highest BCUT2D eigenvalue weighted by molar-refractivity contribution is 5.57. The van der Waals surface area contributed by atoms with Gasteiger partial charge in [-0.05, 0) is 12.0 Å². The van der Waals surface area contributed by atoms with Gasteiger partial charge in [0.1, 0.15) is 6.10 Å². The summed E-state index contributed by atoms with van der Waals surface area (Å²) < 4.78 is 4.79. The van der Waals surface area contributed by atoms with Crippen LogP contribution in [0.25, 0.3) is 0 Å². The van der Waals surface area contributed by atoms with Crippen LogP contribution >= 0.6 is 0 Å². The number of hydrogen-bond acceptors (Lipinski definition) is 3. The Bertz CT molecular complexity index is 358. The van der Waals surface area contributed by atoms with Crippen LogP contribution in [0.5, 0.6) is 0 Å². The Kier molecular flexibility index (Phi) is 7.76. The fraction of sp³-hybridized carbons (Fsp3) is 0.333. The highest BCUT2D eigenvalue weighted by Crippen LogP contribution is 2.22. The van der Waals surface area contributed by atoms with Crippen molar-refractivity contribution in [1.82, 2.24) is 0 Å². The van der Waals surface area contributed by atoms with Crippen LogP contribution in [0.15, 0.2) is 30.3 Å². The van der Waals surface area contributed by atoms with Gasteiger partial charge in [0.25, 0.3) is 0 Å². The normalized spacial score (nSPS) is 10.7. The van der Waals surface area contributed by atoms with Crippen LogP contribution in [-0.4, -0.2) is 27.6 Å². The zero-order chi connectivity index (χ0) is 14.0. The zero-order valence-electron chi connectivity index (χ0n) is 9.94. The largest absolute Gasteiger partial charge is 0.506 e. The van der Waals surface area contributed by atoms with E-state index in [-0.39, 0.29) is 6.10 Å². The van der Waals surface area contributed by atoms with Crippen molar-refractivity contribution < 1.29 is 29.6 Å². The van der Waals surface area contributed by atoms with E-state index in [2.05, 4.69) is 0 Å². The van der Waals surface area contributed by atoms with E-state index in [0.717, 1.165) is 18.4 Å². The Balaban J connectivity index is 0.000000631. The molecule has 1 aromatic rings. The summed E-state index contributed by atoms with van der Waals surface area (Å²) in [5.74, 6) is 0. The molecule has 100 valence electrons. The van der Waals surface area contributed by atoms with Gasteiger partial charge in [-0.1, -0.05) is 43.7 Å². The molecule has 0 bridgehead atoms. The van der Waals surface area contributed by atoms with E-state index in [0.29, 0.717) is 0 Å². The van der Waals surface area contributed by atoms with Gasteiger partial charge in [0, 0.05) is 0 Å². The molecule has 0 aromatic heterocycles. The lowest BCUT2D eigenvalue weighted by molar-refractivity contribution is 0.0472. The van der Waals surface area contributed by atoms with Crippen molar-refractivity contribution in [3.05, 3.63) is 35.9 Å². The molecular formula is C12H16O6. The molecule has 0 aliphatic carbocycles. The summed E-state index contributed by atoms with van der Waals surface area (Å²) in [6, 6.07) is 9.41. The number of carboxylic acid groups (broad SMARTS) is 3. The maximum absolute atomic E-state index is 10.4. The van der Waals surface area contributed by atoms with Gasteiger partial charge in [-0.25, -0.2) is 9.59 Å². The van der Waals surface area contributed by atoms with E-state index < -0.39 is 12.3 Å². The van der Waals surface area contributed by atoms with Gasteiger partial charge in [-0.3, -0.25) is 0 Å². The summed E-state index contributed by atoms with van der Waals surface area (Å²) in [6.45, 7) is 2.00. The highest BCUT2D eigenvalue weighted by atomic mass is 16.7. The van der Waals surface area contributed by atoms with E-state index >= 15 is 0 Å². The van der Waals surface area contributed by atoms with E-state index in [1.807, 2.05) is 37.3 Å². The highest BCUT2D eigenvalue weighted by Gasteiger charge is 2.14. The topological polar surface area (TPSA) is 104 Å². The molecule has 6 heteroatoms. The standard InChI is InChI=1S/C11H14O3.CH2O3/c1-2-6-10(14-11(12)13)9-7-4-3-5-8-9;2-1(3)4/h3-5,7-8,10H,2,6H2,1H3,(H,12,13);(H2,2,3,4). The third-order valence-corrected chi connectivity index (χ3v) is 1.97. The molecule has 0 fully saturated rings. The summed E-state index contributed by atoms with van der Waals surface area (Å²) in [4.78, 5) is 19.0. The van der Waals surface area contributed by atoms with Gasteiger partial charge in [0.2, 0.25) is 0 Å². The Morgan fingerprint density at radius 2 is 1.67 bits per heavy atom. The number of benzene rings is 1. The van der Waals surface area contributed by atoms with Crippen molar-refractivity contribution in [3.8, 4) is 0 Å². The quantitative estimate of drug-likeness (QED) is 0.713. The first kappa shape index (κ1) is 15.8.